The summed E-state index contributed by atoms with van der Waals surface area (Å²) >= 11 is 0. The molecule has 3 N–H and O–H groups in total. The summed E-state index contributed by atoms with van der Waals surface area (Å²) < 4.78 is 0. The van der Waals surface area contributed by atoms with Crippen LogP contribution in [0.4, 0.5) is 0 Å². The van der Waals surface area contributed by atoms with Crippen LogP contribution in [0.5, 0.6) is 0 Å². The van der Waals surface area contributed by atoms with E-state index in [0.717, 1.165) is 0 Å². The molecule has 6 nitrogen and oxygen atoms in total. The number of aliphatic hydroxyl groups is 1. The summed E-state index contributed by atoms with van der Waals surface area (Å²) in [4.78, 5) is 10.9. The smallest absolute Gasteiger partial charge is 0.336 e. The number of rotatable bonds is 3. The highest BCUT2D eigenvalue weighted by molar-refractivity contribution is 5.95. The fourth-order valence-corrected chi connectivity index (χ4v) is 1.53. The van der Waals surface area contributed by atoms with Crippen LogP contribution in [-0.4, -0.2) is 38.2 Å². The number of aromatic amines is 1. The van der Waals surface area contributed by atoms with Crippen LogP contribution in [0.1, 0.15) is 15.9 Å². The number of H-pyrrole nitrogens is 1. The van der Waals surface area contributed by atoms with Crippen LogP contribution in [-0.2, 0) is 6.42 Å². The first-order chi connectivity index (χ1) is 7.24. The summed E-state index contributed by atoms with van der Waals surface area (Å²) in [6, 6.07) is 3.09. The third-order valence-electron chi connectivity index (χ3n) is 2.20. The molecule has 0 aliphatic heterocycles. The lowest BCUT2D eigenvalue weighted by Crippen LogP contribution is -2.05. The molecule has 0 spiro atoms. The lowest BCUT2D eigenvalue weighted by molar-refractivity contribution is 0.0695. The summed E-state index contributed by atoms with van der Waals surface area (Å²) in [7, 11) is 0. The van der Waals surface area contributed by atoms with Crippen LogP contribution in [0, 0.1) is 0 Å². The van der Waals surface area contributed by atoms with Gasteiger partial charge in [-0.05, 0) is 24.1 Å². The number of hydrogen-bond donors (Lipinski definition) is 3. The molecule has 0 atom stereocenters. The lowest BCUT2D eigenvalue weighted by atomic mass is 10.0. The van der Waals surface area contributed by atoms with Crippen molar-refractivity contribution in [3.8, 4) is 0 Å². The van der Waals surface area contributed by atoms with E-state index in [4.69, 9.17) is 10.2 Å². The lowest BCUT2D eigenvalue weighted by Gasteiger charge is -2.03. The fourth-order valence-electron chi connectivity index (χ4n) is 1.53. The third kappa shape index (κ3) is 1.55. The molecule has 0 aliphatic rings. The van der Waals surface area contributed by atoms with Crippen molar-refractivity contribution in [1.29, 1.82) is 0 Å². The number of aromatic nitrogens is 3. The number of aliphatic hydroxyl groups excluding tert-OH is 1. The zero-order valence-electron chi connectivity index (χ0n) is 7.77. The van der Waals surface area contributed by atoms with Gasteiger partial charge in [-0.15, -0.1) is 5.10 Å². The Morgan fingerprint density at radius 2 is 2.27 bits per heavy atom. The number of nitrogens with one attached hydrogen (secondary N) is 1. The molecule has 2 aromatic rings. The van der Waals surface area contributed by atoms with Gasteiger partial charge in [0.15, 0.2) is 0 Å². The van der Waals surface area contributed by atoms with Crippen molar-refractivity contribution in [3.63, 3.8) is 0 Å². The first-order valence-corrected chi connectivity index (χ1v) is 4.41. The van der Waals surface area contributed by atoms with E-state index < -0.39 is 5.97 Å². The maximum absolute atomic E-state index is 10.9. The third-order valence-corrected chi connectivity index (χ3v) is 2.20. The van der Waals surface area contributed by atoms with Crippen molar-refractivity contribution >= 4 is 17.0 Å². The van der Waals surface area contributed by atoms with E-state index in [-0.39, 0.29) is 18.6 Å². The Bertz CT molecular complexity index is 506. The van der Waals surface area contributed by atoms with Crippen molar-refractivity contribution in [2.75, 3.05) is 6.61 Å². The van der Waals surface area contributed by atoms with Gasteiger partial charge in [-0.3, -0.25) is 5.10 Å². The van der Waals surface area contributed by atoms with Crippen LogP contribution < -0.4 is 0 Å². The molecule has 1 heterocycles. The second-order valence-corrected chi connectivity index (χ2v) is 3.08. The number of carboxylic acid groups (broad SMARTS) is 1. The first kappa shape index (κ1) is 9.60. The van der Waals surface area contributed by atoms with Crippen molar-refractivity contribution in [2.45, 2.75) is 6.42 Å². The summed E-state index contributed by atoms with van der Waals surface area (Å²) in [5, 5.41) is 27.9. The number of fused-ring (bicyclic) bond motifs is 1. The number of carbonyl (C=O) groups is 1. The zero-order valence-corrected chi connectivity index (χ0v) is 7.77. The SMILES string of the molecule is O=C(O)c1ccc2[nH]nnc2c1CCO. The Kier molecular flexibility index (Phi) is 2.34. The van der Waals surface area contributed by atoms with Crippen molar-refractivity contribution in [1.82, 2.24) is 15.4 Å². The fraction of sp³-hybridized carbons (Fsp3) is 0.222. The minimum atomic E-state index is -1.02. The van der Waals surface area contributed by atoms with Gasteiger partial charge in [0.1, 0.15) is 5.52 Å². The van der Waals surface area contributed by atoms with Crippen LogP contribution in [0.25, 0.3) is 11.0 Å². The Balaban J connectivity index is 2.69. The van der Waals surface area contributed by atoms with E-state index in [1.807, 2.05) is 0 Å². The van der Waals surface area contributed by atoms with Crippen molar-refractivity contribution in [3.05, 3.63) is 23.3 Å². The van der Waals surface area contributed by atoms with Crippen LogP contribution >= 0.6 is 0 Å². The monoisotopic (exact) mass is 207 g/mol. The maximum Gasteiger partial charge on any atom is 0.336 e. The topological polar surface area (TPSA) is 99.1 Å². The van der Waals surface area contributed by atoms with E-state index in [0.29, 0.717) is 16.6 Å². The van der Waals surface area contributed by atoms with Crippen LogP contribution in [0.2, 0.25) is 0 Å². The van der Waals surface area contributed by atoms with Crippen LogP contribution in [0.15, 0.2) is 12.1 Å². The predicted octanol–water partition coefficient (Wildman–Crippen LogP) is 0.191. The number of benzene rings is 1. The Hall–Kier alpha value is -1.95. The molecule has 0 saturated heterocycles. The average molecular weight is 207 g/mol. The quantitative estimate of drug-likeness (QED) is 0.667. The molecule has 1 aromatic carbocycles. The molecule has 0 amide bonds. The Morgan fingerprint density at radius 3 is 2.93 bits per heavy atom. The molecular formula is C9H9N3O3. The Labute approximate surface area is 84.5 Å². The molecule has 0 aliphatic carbocycles. The number of carboxylic acids is 1. The summed E-state index contributed by atoms with van der Waals surface area (Å²) in [6.07, 6.45) is 0.255. The van der Waals surface area contributed by atoms with Gasteiger partial charge in [-0.2, -0.15) is 0 Å². The number of aromatic carboxylic acids is 1. The van der Waals surface area contributed by atoms with Gasteiger partial charge in [0.25, 0.3) is 0 Å². The molecular weight excluding hydrogens is 198 g/mol. The minimum Gasteiger partial charge on any atom is -0.478 e. The molecule has 0 bridgehead atoms. The average Bonchev–Trinajstić information content (AvgIpc) is 2.66. The zero-order chi connectivity index (χ0) is 10.8. The highest BCUT2D eigenvalue weighted by Crippen LogP contribution is 2.19. The molecule has 0 radical (unpaired) electrons. The van der Waals surface area contributed by atoms with E-state index in [1.165, 1.54) is 6.07 Å². The molecule has 0 saturated carbocycles. The van der Waals surface area contributed by atoms with Crippen molar-refractivity contribution < 1.29 is 15.0 Å². The minimum absolute atomic E-state index is 0.119. The largest absolute Gasteiger partial charge is 0.478 e. The summed E-state index contributed by atoms with van der Waals surface area (Å²) in [5.74, 6) is -1.02. The van der Waals surface area contributed by atoms with E-state index in [2.05, 4.69) is 15.4 Å². The molecule has 2 rings (SSSR count). The summed E-state index contributed by atoms with van der Waals surface area (Å²) in [6.45, 7) is -0.119. The van der Waals surface area contributed by atoms with E-state index >= 15 is 0 Å². The number of hydrogen-bond acceptors (Lipinski definition) is 4. The van der Waals surface area contributed by atoms with Gasteiger partial charge in [-0.1, -0.05) is 5.21 Å². The normalized spacial score (nSPS) is 10.7. The van der Waals surface area contributed by atoms with Gasteiger partial charge in [0.2, 0.25) is 0 Å². The van der Waals surface area contributed by atoms with Crippen molar-refractivity contribution in [2.24, 2.45) is 0 Å². The van der Waals surface area contributed by atoms with Gasteiger partial charge >= 0.3 is 5.97 Å². The molecule has 15 heavy (non-hydrogen) atoms. The maximum atomic E-state index is 10.9. The first-order valence-electron chi connectivity index (χ1n) is 4.41. The molecule has 78 valence electrons. The highest BCUT2D eigenvalue weighted by atomic mass is 16.4. The second-order valence-electron chi connectivity index (χ2n) is 3.08. The van der Waals surface area contributed by atoms with Crippen LogP contribution in [0.3, 0.4) is 0 Å². The standard InChI is InChI=1S/C9H9N3O3/c13-4-3-5-6(9(14)15)1-2-7-8(5)11-12-10-7/h1-2,13H,3-4H2,(H,14,15)(H,10,11,12). The van der Waals surface area contributed by atoms with Gasteiger partial charge < -0.3 is 10.2 Å². The Morgan fingerprint density at radius 1 is 1.47 bits per heavy atom. The van der Waals surface area contributed by atoms with E-state index in [9.17, 15) is 4.79 Å². The van der Waals surface area contributed by atoms with Gasteiger partial charge in [-0.25, -0.2) is 4.79 Å². The molecule has 1 aromatic heterocycles. The van der Waals surface area contributed by atoms with Gasteiger partial charge in [0.05, 0.1) is 11.1 Å². The molecule has 0 unspecified atom stereocenters. The molecule has 0 fully saturated rings. The second kappa shape index (κ2) is 3.66. The molecule has 6 heteroatoms. The van der Waals surface area contributed by atoms with E-state index in [1.54, 1.807) is 6.07 Å². The predicted molar refractivity (Wildman–Crippen MR) is 51.6 cm³/mol. The number of nitrogens with zero attached hydrogens (tertiary/aromatic N) is 2. The summed E-state index contributed by atoms with van der Waals surface area (Å²) in [5.41, 5.74) is 1.84. The van der Waals surface area contributed by atoms with Gasteiger partial charge in [0, 0.05) is 6.61 Å². The highest BCUT2D eigenvalue weighted by Gasteiger charge is 2.14.